The van der Waals surface area contributed by atoms with Crippen molar-refractivity contribution in [2.24, 2.45) is 0 Å². The quantitative estimate of drug-likeness (QED) is 0.539. The zero-order valence-corrected chi connectivity index (χ0v) is 6.32. The highest BCUT2D eigenvalue weighted by Gasteiger charge is 1.83. The lowest BCUT2D eigenvalue weighted by Crippen LogP contribution is -2.10. The number of rotatable bonds is 6. The van der Waals surface area contributed by atoms with Crippen LogP contribution in [-0.4, -0.2) is 6.54 Å². The molecule has 0 atom stereocenters. The maximum atomic E-state index is 3.73. The van der Waals surface area contributed by atoms with Gasteiger partial charge in [0.15, 0.2) is 0 Å². The van der Waals surface area contributed by atoms with E-state index in [0.717, 1.165) is 19.4 Å². The van der Waals surface area contributed by atoms with Gasteiger partial charge in [-0.1, -0.05) is 26.7 Å². The van der Waals surface area contributed by atoms with Crippen molar-refractivity contribution in [3.63, 3.8) is 0 Å². The summed E-state index contributed by atoms with van der Waals surface area (Å²) in [5.74, 6) is 0. The fraction of sp³-hybridized carbons (Fsp3) is 0.750. The van der Waals surface area contributed by atoms with Gasteiger partial charge in [-0.15, -0.1) is 0 Å². The van der Waals surface area contributed by atoms with Crippen molar-refractivity contribution in [1.29, 1.82) is 0 Å². The molecule has 1 N–H and O–H groups in total. The Bertz CT molecular complexity index is 37.8. The van der Waals surface area contributed by atoms with Gasteiger partial charge in [0, 0.05) is 6.54 Å². The Kier molecular flexibility index (Phi) is 7.92. The molecule has 9 heavy (non-hydrogen) atoms. The molecular weight excluding hydrogens is 110 g/mol. The van der Waals surface area contributed by atoms with Gasteiger partial charge in [0.2, 0.25) is 0 Å². The summed E-state index contributed by atoms with van der Waals surface area (Å²) in [6, 6.07) is 0. The highest BCUT2D eigenvalue weighted by atomic mass is 14.8. The first-order chi connectivity index (χ1) is 4.41. The molecule has 0 aromatic heterocycles. The van der Waals surface area contributed by atoms with Gasteiger partial charge in [-0.25, -0.2) is 0 Å². The lowest BCUT2D eigenvalue weighted by molar-refractivity contribution is 0.680. The lowest BCUT2D eigenvalue weighted by Gasteiger charge is -1.99. The summed E-state index contributed by atoms with van der Waals surface area (Å²) < 4.78 is 0. The van der Waals surface area contributed by atoms with Crippen molar-refractivity contribution >= 4 is 0 Å². The second-order valence-corrected chi connectivity index (χ2v) is 2.15. The minimum Gasteiger partial charge on any atom is -0.312 e. The summed E-state index contributed by atoms with van der Waals surface area (Å²) in [6.45, 7) is 9.15. The summed E-state index contributed by atoms with van der Waals surface area (Å²) in [5.41, 5.74) is 0. The van der Waals surface area contributed by atoms with Crippen molar-refractivity contribution < 1.29 is 0 Å². The number of hydrogen-bond acceptors (Lipinski definition) is 1. The molecule has 0 aromatic rings. The SMILES string of the molecule is [CH2]CC[CH]NCCCC. The Balaban J connectivity index is 2.60. The van der Waals surface area contributed by atoms with E-state index in [1.165, 1.54) is 12.8 Å². The monoisotopic (exact) mass is 127 g/mol. The first-order valence-corrected chi connectivity index (χ1v) is 3.76. The van der Waals surface area contributed by atoms with Crippen molar-refractivity contribution in [1.82, 2.24) is 5.32 Å². The summed E-state index contributed by atoms with van der Waals surface area (Å²) in [4.78, 5) is 0. The van der Waals surface area contributed by atoms with Crippen molar-refractivity contribution in [2.45, 2.75) is 32.6 Å². The van der Waals surface area contributed by atoms with E-state index < -0.39 is 0 Å². The molecule has 0 unspecified atom stereocenters. The van der Waals surface area contributed by atoms with Crippen LogP contribution < -0.4 is 5.32 Å². The Morgan fingerprint density at radius 1 is 1.56 bits per heavy atom. The highest BCUT2D eigenvalue weighted by molar-refractivity contribution is 4.61. The van der Waals surface area contributed by atoms with Crippen LogP contribution in [0.15, 0.2) is 0 Å². The van der Waals surface area contributed by atoms with E-state index in [4.69, 9.17) is 0 Å². The zero-order valence-electron chi connectivity index (χ0n) is 6.32. The molecule has 0 aliphatic rings. The molecule has 0 heterocycles. The predicted molar refractivity (Wildman–Crippen MR) is 41.8 cm³/mol. The van der Waals surface area contributed by atoms with Gasteiger partial charge in [0.25, 0.3) is 0 Å². The first kappa shape index (κ1) is 8.96. The molecule has 0 bridgehead atoms. The predicted octanol–water partition coefficient (Wildman–Crippen LogP) is 2.15. The number of nitrogens with one attached hydrogen (secondary N) is 1. The molecule has 0 saturated carbocycles. The molecule has 0 aliphatic carbocycles. The van der Waals surface area contributed by atoms with Gasteiger partial charge in [0.1, 0.15) is 0 Å². The van der Waals surface area contributed by atoms with Crippen molar-refractivity contribution in [3.05, 3.63) is 13.5 Å². The lowest BCUT2D eigenvalue weighted by atomic mass is 10.3. The van der Waals surface area contributed by atoms with Gasteiger partial charge < -0.3 is 5.32 Å². The topological polar surface area (TPSA) is 12.0 Å². The summed E-state index contributed by atoms with van der Waals surface area (Å²) in [5, 5.41) is 3.22. The molecule has 0 aromatic carbocycles. The molecule has 1 heteroatoms. The highest BCUT2D eigenvalue weighted by Crippen LogP contribution is 1.88. The summed E-state index contributed by atoms with van der Waals surface area (Å²) in [7, 11) is 0. The number of unbranched alkanes of at least 4 members (excludes halogenated alkanes) is 2. The zero-order chi connectivity index (χ0) is 6.95. The second-order valence-electron chi connectivity index (χ2n) is 2.15. The van der Waals surface area contributed by atoms with Gasteiger partial charge in [-0.3, -0.25) is 0 Å². The Morgan fingerprint density at radius 3 is 2.89 bits per heavy atom. The third-order valence-electron chi connectivity index (χ3n) is 1.17. The van der Waals surface area contributed by atoms with E-state index in [1.54, 1.807) is 0 Å². The molecule has 2 radical (unpaired) electrons. The molecule has 0 aliphatic heterocycles. The summed E-state index contributed by atoms with van der Waals surface area (Å²) >= 11 is 0. The van der Waals surface area contributed by atoms with Crippen LogP contribution in [0.3, 0.4) is 0 Å². The van der Waals surface area contributed by atoms with E-state index >= 15 is 0 Å². The van der Waals surface area contributed by atoms with Gasteiger partial charge >= 0.3 is 0 Å². The smallest absolute Gasteiger partial charge is 0.0221 e. The largest absolute Gasteiger partial charge is 0.312 e. The summed E-state index contributed by atoms with van der Waals surface area (Å²) in [6.07, 6.45) is 4.63. The third kappa shape index (κ3) is 7.96. The minimum absolute atomic E-state index is 0.999. The molecule has 54 valence electrons. The van der Waals surface area contributed by atoms with Crippen LogP contribution in [0.5, 0.6) is 0 Å². The van der Waals surface area contributed by atoms with Crippen LogP contribution in [0.25, 0.3) is 0 Å². The molecule has 0 fully saturated rings. The minimum atomic E-state index is 0.999. The Hall–Kier alpha value is -0.0400. The van der Waals surface area contributed by atoms with Gasteiger partial charge in [-0.05, 0) is 19.4 Å². The van der Waals surface area contributed by atoms with Crippen molar-refractivity contribution in [2.75, 3.05) is 6.54 Å². The van der Waals surface area contributed by atoms with Crippen LogP contribution in [0.2, 0.25) is 0 Å². The van der Waals surface area contributed by atoms with Crippen LogP contribution in [0.1, 0.15) is 32.6 Å². The molecule has 0 spiro atoms. The molecule has 1 nitrogen and oxygen atoms in total. The standard InChI is InChI=1S/C8H17N/c1-3-5-7-9-8-6-4-2/h7,9H,1,3-6,8H2,2H3. The molecule has 0 saturated heterocycles. The maximum Gasteiger partial charge on any atom is 0.0221 e. The first-order valence-electron chi connectivity index (χ1n) is 3.76. The average Bonchev–Trinajstić information content (AvgIpc) is 1.89. The normalized spacial score (nSPS) is 10.0. The van der Waals surface area contributed by atoms with Crippen LogP contribution >= 0.6 is 0 Å². The molecule has 0 rings (SSSR count). The molecule has 0 amide bonds. The fourth-order valence-electron chi connectivity index (χ4n) is 0.585. The van der Waals surface area contributed by atoms with E-state index in [2.05, 4.69) is 25.7 Å². The maximum absolute atomic E-state index is 3.73. The van der Waals surface area contributed by atoms with E-state index in [1.807, 2.05) is 0 Å². The third-order valence-corrected chi connectivity index (χ3v) is 1.17. The van der Waals surface area contributed by atoms with Crippen LogP contribution in [0.4, 0.5) is 0 Å². The average molecular weight is 127 g/mol. The molecular formula is C8H17N. The van der Waals surface area contributed by atoms with Gasteiger partial charge in [-0.2, -0.15) is 0 Å². The van der Waals surface area contributed by atoms with E-state index in [-0.39, 0.29) is 0 Å². The Morgan fingerprint density at radius 2 is 2.33 bits per heavy atom. The van der Waals surface area contributed by atoms with E-state index in [9.17, 15) is 0 Å². The van der Waals surface area contributed by atoms with E-state index in [0.29, 0.717) is 0 Å². The van der Waals surface area contributed by atoms with Crippen LogP contribution in [-0.2, 0) is 0 Å². The van der Waals surface area contributed by atoms with Gasteiger partial charge in [0.05, 0.1) is 0 Å². The fourth-order valence-corrected chi connectivity index (χ4v) is 0.585. The Labute approximate surface area is 58.8 Å². The second kappa shape index (κ2) is 7.96. The number of hydrogen-bond donors (Lipinski definition) is 1. The van der Waals surface area contributed by atoms with Crippen LogP contribution in [0, 0.1) is 13.5 Å². The van der Waals surface area contributed by atoms with Crippen molar-refractivity contribution in [3.8, 4) is 0 Å².